The van der Waals surface area contributed by atoms with Gasteiger partial charge in [0.1, 0.15) is 0 Å². The number of sulfone groups is 1. The van der Waals surface area contributed by atoms with E-state index in [1.807, 2.05) is 36.1 Å². The molecule has 5 nitrogen and oxygen atoms in total. The van der Waals surface area contributed by atoms with Crippen molar-refractivity contribution in [2.45, 2.75) is 16.7 Å². The van der Waals surface area contributed by atoms with Crippen molar-refractivity contribution in [2.24, 2.45) is 5.92 Å². The molecule has 0 saturated heterocycles. The van der Waals surface area contributed by atoms with E-state index in [9.17, 15) is 13.6 Å². The van der Waals surface area contributed by atoms with Gasteiger partial charge in [0.05, 0.1) is 41.8 Å². The van der Waals surface area contributed by atoms with E-state index in [1.54, 1.807) is 38.4 Å². The molecule has 2 aromatic rings. The zero-order valence-corrected chi connectivity index (χ0v) is 15.0. The number of nitrogens with zero attached hydrogens (tertiary/aromatic N) is 2. The van der Waals surface area contributed by atoms with Crippen molar-refractivity contribution in [2.75, 3.05) is 32.1 Å². The Labute approximate surface area is 143 Å². The summed E-state index contributed by atoms with van der Waals surface area (Å²) < 4.78 is 25.4. The van der Waals surface area contributed by atoms with Crippen LogP contribution >= 0.6 is 0 Å². The standard InChI is InChI=1S/C18H22N2O3S/c1-14(13-20(2,3)21)12-19-15-8-4-6-10-17(15)24(22,23)18-11-7-5-9-16(18)19/h4-11,14H,12-13H2,1-3H3. The van der Waals surface area contributed by atoms with E-state index in [2.05, 4.69) is 0 Å². The van der Waals surface area contributed by atoms with E-state index in [0.29, 0.717) is 34.3 Å². The minimum absolute atomic E-state index is 0.111. The second-order valence-electron chi connectivity index (χ2n) is 6.91. The summed E-state index contributed by atoms with van der Waals surface area (Å²) in [4.78, 5) is 2.67. The van der Waals surface area contributed by atoms with Gasteiger partial charge in [0.2, 0.25) is 9.84 Å². The molecule has 1 aliphatic rings. The number of benzene rings is 2. The minimum atomic E-state index is -3.51. The zero-order chi connectivity index (χ0) is 17.5. The normalized spacial score (nSPS) is 17.1. The summed E-state index contributed by atoms with van der Waals surface area (Å²) in [6.45, 7) is 3.08. The number of quaternary nitrogens is 1. The highest BCUT2D eigenvalue weighted by atomic mass is 32.2. The van der Waals surface area contributed by atoms with E-state index < -0.39 is 9.84 Å². The maximum atomic E-state index is 12.9. The second-order valence-corrected chi connectivity index (χ2v) is 8.80. The molecule has 0 bridgehead atoms. The zero-order valence-electron chi connectivity index (χ0n) is 14.1. The highest BCUT2D eigenvalue weighted by molar-refractivity contribution is 7.92. The Kier molecular flexibility index (Phi) is 4.15. The van der Waals surface area contributed by atoms with Gasteiger partial charge in [-0.2, -0.15) is 0 Å². The molecule has 0 N–H and O–H groups in total. The van der Waals surface area contributed by atoms with Crippen molar-refractivity contribution >= 4 is 21.2 Å². The van der Waals surface area contributed by atoms with Gasteiger partial charge in [-0.25, -0.2) is 8.42 Å². The van der Waals surface area contributed by atoms with Gasteiger partial charge in [-0.1, -0.05) is 31.2 Å². The van der Waals surface area contributed by atoms with E-state index >= 15 is 0 Å². The Morgan fingerprint density at radius 1 is 1.00 bits per heavy atom. The average molecular weight is 346 g/mol. The van der Waals surface area contributed by atoms with Gasteiger partial charge in [-0.15, -0.1) is 0 Å². The molecule has 0 spiro atoms. The fourth-order valence-electron chi connectivity index (χ4n) is 3.38. The molecule has 1 aliphatic heterocycles. The van der Waals surface area contributed by atoms with E-state index in [1.165, 1.54) is 0 Å². The molecule has 0 aromatic heterocycles. The summed E-state index contributed by atoms with van der Waals surface area (Å²) >= 11 is 0. The SMILES string of the molecule is CC(CN1c2ccccc2S(=O)(=O)c2ccccc21)C[N+](C)(C)[O-]. The first-order valence-corrected chi connectivity index (χ1v) is 9.43. The summed E-state index contributed by atoms with van der Waals surface area (Å²) in [5, 5.41) is 12.0. The van der Waals surface area contributed by atoms with Crippen molar-refractivity contribution in [3.8, 4) is 0 Å². The molecule has 0 radical (unpaired) electrons. The molecule has 1 atom stereocenters. The molecule has 6 heteroatoms. The van der Waals surface area contributed by atoms with Crippen LogP contribution in [0.4, 0.5) is 11.4 Å². The maximum absolute atomic E-state index is 12.9. The molecular formula is C18H22N2O3S. The minimum Gasteiger partial charge on any atom is -0.633 e. The van der Waals surface area contributed by atoms with Crippen molar-refractivity contribution in [1.82, 2.24) is 0 Å². The lowest BCUT2D eigenvalue weighted by molar-refractivity contribution is -0.843. The van der Waals surface area contributed by atoms with Crippen LogP contribution in [0.15, 0.2) is 58.3 Å². The van der Waals surface area contributed by atoms with Crippen molar-refractivity contribution in [3.63, 3.8) is 0 Å². The molecule has 1 heterocycles. The van der Waals surface area contributed by atoms with Crippen molar-refractivity contribution < 1.29 is 13.1 Å². The average Bonchev–Trinajstić information content (AvgIpc) is 2.50. The van der Waals surface area contributed by atoms with Gasteiger partial charge < -0.3 is 14.8 Å². The number of anilines is 2. The van der Waals surface area contributed by atoms with E-state index in [0.717, 1.165) is 0 Å². The summed E-state index contributed by atoms with van der Waals surface area (Å²) in [6.07, 6.45) is 0. The topological polar surface area (TPSA) is 60.4 Å². The van der Waals surface area contributed by atoms with E-state index in [4.69, 9.17) is 0 Å². The molecule has 0 fully saturated rings. The number of hydrogen-bond acceptors (Lipinski definition) is 4. The summed E-state index contributed by atoms with van der Waals surface area (Å²) in [6, 6.07) is 14.1. The molecule has 24 heavy (non-hydrogen) atoms. The van der Waals surface area contributed by atoms with Crippen molar-refractivity contribution in [3.05, 3.63) is 53.7 Å². The molecule has 2 aromatic carbocycles. The van der Waals surface area contributed by atoms with Crippen LogP contribution in [0.2, 0.25) is 0 Å². The Hall–Kier alpha value is -1.89. The summed E-state index contributed by atoms with van der Waals surface area (Å²) in [5.74, 6) is 0.111. The fourth-order valence-corrected chi connectivity index (χ4v) is 5.04. The van der Waals surface area contributed by atoms with Gasteiger partial charge in [0.25, 0.3) is 0 Å². The molecule has 1 unspecified atom stereocenters. The lowest BCUT2D eigenvalue weighted by Crippen LogP contribution is -2.40. The Morgan fingerprint density at radius 3 is 1.92 bits per heavy atom. The molecule has 0 aliphatic carbocycles. The van der Waals surface area contributed by atoms with Crippen LogP contribution in [-0.4, -0.2) is 40.2 Å². The van der Waals surface area contributed by atoms with Gasteiger partial charge >= 0.3 is 0 Å². The molecule has 0 saturated carbocycles. The van der Waals surface area contributed by atoms with Crippen molar-refractivity contribution in [1.29, 1.82) is 0 Å². The smallest absolute Gasteiger partial charge is 0.210 e. The summed E-state index contributed by atoms with van der Waals surface area (Å²) in [7, 11) is -0.264. The van der Waals surface area contributed by atoms with Crippen LogP contribution in [0.5, 0.6) is 0 Å². The van der Waals surface area contributed by atoms with Gasteiger partial charge in [-0.3, -0.25) is 0 Å². The highest BCUT2D eigenvalue weighted by Gasteiger charge is 2.34. The molecule has 0 amide bonds. The number of fused-ring (bicyclic) bond motifs is 2. The maximum Gasteiger partial charge on any atom is 0.210 e. The predicted molar refractivity (Wildman–Crippen MR) is 94.8 cm³/mol. The van der Waals surface area contributed by atoms with Crippen LogP contribution in [-0.2, 0) is 9.84 Å². The first-order valence-electron chi connectivity index (χ1n) is 7.95. The number of rotatable bonds is 4. The van der Waals surface area contributed by atoms with Crippen LogP contribution < -0.4 is 4.90 Å². The van der Waals surface area contributed by atoms with Gasteiger partial charge in [-0.05, 0) is 24.3 Å². The first kappa shape index (κ1) is 17.0. The first-order chi connectivity index (χ1) is 11.2. The quantitative estimate of drug-likeness (QED) is 0.630. The lowest BCUT2D eigenvalue weighted by Gasteiger charge is -2.39. The Morgan fingerprint density at radius 2 is 1.46 bits per heavy atom. The van der Waals surface area contributed by atoms with Crippen LogP contribution in [0, 0.1) is 11.1 Å². The third kappa shape index (κ3) is 3.05. The third-order valence-electron chi connectivity index (χ3n) is 4.14. The number of hydrogen-bond donors (Lipinski definition) is 0. The largest absolute Gasteiger partial charge is 0.633 e. The van der Waals surface area contributed by atoms with Gasteiger partial charge in [0.15, 0.2) is 0 Å². The number of hydroxylamine groups is 3. The van der Waals surface area contributed by atoms with Crippen LogP contribution in [0.3, 0.4) is 0 Å². The molecule has 3 rings (SSSR count). The van der Waals surface area contributed by atoms with Gasteiger partial charge in [0, 0.05) is 12.5 Å². The Bertz CT molecular complexity index is 803. The highest BCUT2D eigenvalue weighted by Crippen LogP contribution is 2.44. The molecule has 128 valence electrons. The predicted octanol–water partition coefficient (Wildman–Crippen LogP) is 3.18. The second kappa shape index (κ2) is 5.88. The van der Waals surface area contributed by atoms with E-state index in [-0.39, 0.29) is 10.6 Å². The Balaban J connectivity index is 2.08. The fraction of sp³-hybridized carbons (Fsp3) is 0.333. The van der Waals surface area contributed by atoms with Crippen LogP contribution in [0.1, 0.15) is 6.92 Å². The monoisotopic (exact) mass is 346 g/mol. The molecular weight excluding hydrogens is 324 g/mol. The summed E-state index contributed by atoms with van der Waals surface area (Å²) in [5.41, 5.74) is 1.36. The lowest BCUT2D eigenvalue weighted by atomic mass is 10.1. The third-order valence-corrected chi connectivity index (χ3v) is 5.99. The number of para-hydroxylation sites is 2. The van der Waals surface area contributed by atoms with Crippen LogP contribution in [0.25, 0.3) is 0 Å².